The zero-order chi connectivity index (χ0) is 66.1. The molecule has 10 N–H and O–H groups in total. The highest BCUT2D eigenvalue weighted by Gasteiger charge is 2.42. The van der Waals surface area contributed by atoms with Crippen LogP contribution in [0.1, 0.15) is 139 Å². The van der Waals surface area contributed by atoms with E-state index in [1.807, 2.05) is 12.1 Å². The SMILES string of the molecule is C=C(O)c1cccc2c1OB(O)[C@@H](CC(=O)c1nnc(N)s1)C2.CC(=O)c1cccc2c1OB(O)[C@@H](CC(=O)c1cncc(F)c1)C2.CC(=O)c1cccc2c1OB(O)[C@@H](CC(=O)c1cncs1)C2.Nc1nnc(C(=O)C[C@H]2Cc3cccc(C(=O)O)c3OB2O)o1. The van der Waals surface area contributed by atoms with Gasteiger partial charge in [0.25, 0.3) is 5.89 Å². The van der Waals surface area contributed by atoms with Crippen LogP contribution in [0.5, 0.6) is 23.0 Å². The van der Waals surface area contributed by atoms with E-state index in [-0.39, 0.29) is 112 Å². The summed E-state index contributed by atoms with van der Waals surface area (Å²) in [4.78, 5) is 91.2. The third-order valence-corrected chi connectivity index (χ3v) is 16.7. The minimum atomic E-state index is -1.31. The first-order chi connectivity index (χ1) is 43.9. The van der Waals surface area contributed by atoms with Crippen molar-refractivity contribution in [2.24, 2.45) is 0 Å². The second-order valence-corrected chi connectivity index (χ2v) is 23.5. The summed E-state index contributed by atoms with van der Waals surface area (Å²) < 4.78 is 39.9. The molecule has 470 valence electrons. The summed E-state index contributed by atoms with van der Waals surface area (Å²) in [6.07, 6.45) is 5.63. The molecular weight excluding hydrogens is 1240 g/mol. The number of aromatic carboxylic acids is 1. The fourth-order valence-corrected chi connectivity index (χ4v) is 11.7. The number of aliphatic hydroxyl groups is 1. The van der Waals surface area contributed by atoms with Gasteiger partial charge in [-0.25, -0.2) is 9.18 Å². The van der Waals surface area contributed by atoms with Crippen LogP contribution in [0.2, 0.25) is 23.3 Å². The monoisotopic (exact) mass is 1290 g/mol. The number of hydrogen-bond donors (Lipinski definition) is 8. The van der Waals surface area contributed by atoms with Crippen LogP contribution >= 0.6 is 22.7 Å². The van der Waals surface area contributed by atoms with Gasteiger partial charge in [0.15, 0.2) is 33.9 Å². The molecule has 0 unspecified atom stereocenters. The Bertz CT molecular complexity index is 4000. The normalized spacial score (nSPS) is 16.6. The summed E-state index contributed by atoms with van der Waals surface area (Å²) in [5.74, 6) is -3.90. The smallest absolute Gasteiger partial charge is 0.526 e. The number of thiazole rings is 1. The van der Waals surface area contributed by atoms with Gasteiger partial charge in [-0.3, -0.25) is 38.7 Å². The fourth-order valence-electron chi connectivity index (χ4n) is 10.5. The van der Waals surface area contributed by atoms with Crippen molar-refractivity contribution in [3.05, 3.63) is 181 Å². The Balaban J connectivity index is 0.000000145. The van der Waals surface area contributed by atoms with Crippen molar-refractivity contribution >= 4 is 109 Å². The molecule has 12 rings (SSSR count). The van der Waals surface area contributed by atoms with Crippen LogP contribution in [0.15, 0.2) is 114 Å². The highest BCUT2D eigenvalue weighted by molar-refractivity contribution is 7.16. The molecule has 4 atom stereocenters. The quantitative estimate of drug-likeness (QED) is 0.0274. The summed E-state index contributed by atoms with van der Waals surface area (Å²) in [5, 5.41) is 74.0. The summed E-state index contributed by atoms with van der Waals surface area (Å²) >= 11 is 2.30. The van der Waals surface area contributed by atoms with Crippen LogP contribution in [-0.4, -0.2) is 130 Å². The largest absolute Gasteiger partial charge is 0.535 e. The zero-order valence-electron chi connectivity index (χ0n) is 48.9. The molecule has 4 aliphatic heterocycles. The fraction of sp³-hybridized carbons (Fsp3) is 0.237. The number of nitrogens with zero attached hydrogens (tertiary/aromatic N) is 6. The molecule has 0 saturated heterocycles. The van der Waals surface area contributed by atoms with Crippen molar-refractivity contribution in [2.45, 2.75) is 88.5 Å². The average Bonchev–Trinajstić information content (AvgIpc) is 0.893. The van der Waals surface area contributed by atoms with Gasteiger partial charge in [0.2, 0.25) is 10.9 Å². The van der Waals surface area contributed by atoms with Gasteiger partial charge >= 0.3 is 40.5 Å². The lowest BCUT2D eigenvalue weighted by Gasteiger charge is -2.28. The van der Waals surface area contributed by atoms with Crippen LogP contribution < -0.4 is 30.1 Å². The molecule has 26 nitrogen and oxygen atoms in total. The molecular formula is C59H55B4FN8O18S2. The topological polar surface area (TPSA) is 420 Å². The van der Waals surface area contributed by atoms with Gasteiger partial charge in [0.05, 0.1) is 38.8 Å². The molecule has 0 bridgehead atoms. The number of benzene rings is 4. The van der Waals surface area contributed by atoms with Crippen LogP contribution in [0.4, 0.5) is 15.5 Å². The second kappa shape index (κ2) is 29.5. The first-order valence-electron chi connectivity index (χ1n) is 28.2. The molecule has 4 aromatic heterocycles. The minimum absolute atomic E-state index is 0.00393. The first-order valence-corrected chi connectivity index (χ1v) is 29.9. The lowest BCUT2D eigenvalue weighted by molar-refractivity contribution is 0.0692. The summed E-state index contributed by atoms with van der Waals surface area (Å²) in [6, 6.07) is 21.3. The molecule has 8 aromatic rings. The number of carboxylic acids is 1. The van der Waals surface area contributed by atoms with Crippen LogP contribution in [0.3, 0.4) is 0 Å². The number of fused-ring (bicyclic) bond motifs is 4. The van der Waals surface area contributed by atoms with Gasteiger partial charge in [-0.2, -0.15) is 0 Å². The van der Waals surface area contributed by atoms with E-state index in [0.29, 0.717) is 63.6 Å². The Kier molecular flexibility index (Phi) is 21.3. The number of nitrogens with two attached hydrogens (primary N) is 2. The first kappa shape index (κ1) is 66.6. The van der Waals surface area contributed by atoms with Crippen molar-refractivity contribution in [3.63, 3.8) is 0 Å². The lowest BCUT2D eigenvalue weighted by Crippen LogP contribution is -2.35. The molecule has 4 aromatic carbocycles. The van der Waals surface area contributed by atoms with Gasteiger partial charge in [-0.05, 0) is 92.1 Å². The number of ketones is 6. The molecule has 0 spiro atoms. The standard InChI is InChI=1S/C17H15BFNO4.C15H14BNO4S.C14H14BN3O4S.C13H12BN3O6/c1-10(21)15-4-2-3-11-5-13(18(23)24-17(11)15)7-16(22)12-6-14(19)9-20-8-12;1-9(18)12-4-2-3-10-5-11(16(20)21-15(10)12)6-13(19)14-7-17-8-22-14;1-7(19)10-4-2-3-8-5-9(15(21)22-12(8)10)6-11(20)13-17-18-14(16)23-13;15-13-17-16-11(22-13)9(18)5-7-4-6-2-1-3-8(12(19)20)10(6)23-14(7)21/h2-4,6,8-9,13,23H,5,7H2,1H3;2-4,7-8,11,20H,5-6H2,1H3;2-4,9,19,21H,1,5-6H2,(H2,16,18);1-3,7,21H,4-5H2,(H2,15,17)(H,19,20)/t13-;11-;9-;7-/m1111/s1. The van der Waals surface area contributed by atoms with Crippen LogP contribution in [0, 0.1) is 5.82 Å². The van der Waals surface area contributed by atoms with E-state index in [9.17, 15) is 63.2 Å². The van der Waals surface area contributed by atoms with Crippen molar-refractivity contribution < 1.29 is 91.3 Å². The summed E-state index contributed by atoms with van der Waals surface area (Å²) in [5.41, 5.74) is 16.8. The molecule has 33 heteroatoms. The van der Waals surface area contributed by atoms with E-state index in [2.05, 4.69) is 36.9 Å². The average molecular weight is 1290 g/mol. The van der Waals surface area contributed by atoms with E-state index in [4.69, 9.17) is 39.6 Å². The number of nitrogen functional groups attached to an aromatic ring is 2. The maximum Gasteiger partial charge on any atom is 0.526 e. The Labute approximate surface area is 532 Å². The van der Waals surface area contributed by atoms with E-state index in [1.54, 1.807) is 60.1 Å². The number of aliphatic hydroxyl groups excluding tert-OH is 1. The molecule has 8 heterocycles. The lowest BCUT2D eigenvalue weighted by atomic mass is 9.64. The van der Waals surface area contributed by atoms with E-state index in [1.165, 1.54) is 43.6 Å². The molecule has 0 fully saturated rings. The molecule has 92 heavy (non-hydrogen) atoms. The van der Waals surface area contributed by atoms with Gasteiger partial charge in [-0.15, -0.1) is 26.6 Å². The number of hydrogen-bond acceptors (Lipinski definition) is 27. The van der Waals surface area contributed by atoms with Gasteiger partial charge < -0.3 is 64.8 Å². The number of carbonyl (C=O) groups is 7. The van der Waals surface area contributed by atoms with Gasteiger partial charge in [0, 0.05) is 66.9 Å². The van der Waals surface area contributed by atoms with Crippen molar-refractivity contribution in [1.82, 2.24) is 30.4 Å². The molecule has 0 aliphatic carbocycles. The Morgan fingerprint density at radius 3 is 1.42 bits per heavy atom. The number of carbonyl (C=O) groups excluding carboxylic acids is 6. The number of carboxylic acid groups (broad SMARTS) is 1. The molecule has 0 saturated carbocycles. The number of anilines is 2. The zero-order valence-corrected chi connectivity index (χ0v) is 50.5. The van der Waals surface area contributed by atoms with E-state index < -0.39 is 63.5 Å². The highest BCUT2D eigenvalue weighted by atomic mass is 32.1. The number of pyridine rings is 1. The predicted molar refractivity (Wildman–Crippen MR) is 334 cm³/mol. The molecule has 0 radical (unpaired) electrons. The number of para-hydroxylation sites is 4. The predicted octanol–water partition coefficient (Wildman–Crippen LogP) is 7.00. The van der Waals surface area contributed by atoms with Gasteiger partial charge in [-0.1, -0.05) is 71.5 Å². The molecule has 0 amide bonds. The number of Topliss-reactive ketones (excluding diaryl/α,β-unsaturated/α-hetero) is 6. The van der Waals surface area contributed by atoms with Crippen molar-refractivity contribution in [2.75, 3.05) is 11.5 Å². The third kappa shape index (κ3) is 16.0. The molecule has 4 aliphatic rings. The minimum Gasteiger partial charge on any atom is -0.535 e. The summed E-state index contributed by atoms with van der Waals surface area (Å²) in [6.45, 7) is 6.37. The Morgan fingerprint density at radius 2 is 1.01 bits per heavy atom. The van der Waals surface area contributed by atoms with Crippen molar-refractivity contribution in [3.8, 4) is 23.0 Å². The maximum absolute atomic E-state index is 13.2. The van der Waals surface area contributed by atoms with Gasteiger partial charge in [0.1, 0.15) is 34.6 Å². The van der Waals surface area contributed by atoms with Crippen LogP contribution in [-0.2, 0) is 25.7 Å². The number of aromatic nitrogens is 6. The maximum atomic E-state index is 13.2. The second-order valence-electron chi connectivity index (χ2n) is 21.6. The van der Waals surface area contributed by atoms with E-state index in [0.717, 1.165) is 40.3 Å². The number of halogens is 1. The Morgan fingerprint density at radius 1 is 0.565 bits per heavy atom. The highest BCUT2D eigenvalue weighted by Crippen LogP contribution is 2.42. The van der Waals surface area contributed by atoms with Crippen molar-refractivity contribution in [1.29, 1.82) is 0 Å². The third-order valence-electron chi connectivity index (χ3n) is 15.1. The van der Waals surface area contributed by atoms with E-state index >= 15 is 0 Å². The number of rotatable bonds is 16. The van der Waals surface area contributed by atoms with Crippen LogP contribution in [0.25, 0.3) is 5.76 Å². The Hall–Kier alpha value is -9.78. The summed E-state index contributed by atoms with van der Waals surface area (Å²) in [7, 11) is -4.77.